The van der Waals surface area contributed by atoms with Gasteiger partial charge in [-0.2, -0.15) is 0 Å². The Hall–Kier alpha value is -4.10. The Labute approximate surface area is 201 Å². The van der Waals surface area contributed by atoms with Gasteiger partial charge in [0.25, 0.3) is 16.8 Å². The van der Waals surface area contributed by atoms with Gasteiger partial charge in [-0.05, 0) is 30.0 Å². The van der Waals surface area contributed by atoms with Crippen LogP contribution in [-0.4, -0.2) is 34.2 Å². The molecule has 0 aliphatic rings. The molecule has 2 heterocycles. The molecule has 11 nitrogen and oxygen atoms in total. The summed E-state index contributed by atoms with van der Waals surface area (Å²) in [5, 5.41) is 33.4. The molecular weight excluding hydrogens is 482 g/mol. The summed E-state index contributed by atoms with van der Waals surface area (Å²) in [6.07, 6.45) is 2.85. The van der Waals surface area contributed by atoms with Crippen LogP contribution in [0.2, 0.25) is 0 Å². The lowest BCUT2D eigenvalue weighted by molar-refractivity contribution is -0.384. The van der Waals surface area contributed by atoms with Gasteiger partial charge in [-0.15, -0.1) is 13.2 Å². The smallest absolute Gasteiger partial charge is 0.269 e. The molecule has 0 saturated heterocycles. The lowest BCUT2D eigenvalue weighted by Crippen LogP contribution is -2.28. The zero-order valence-corrected chi connectivity index (χ0v) is 19.2. The number of nitro groups is 1. The first kappa shape index (κ1) is 24.5. The Morgan fingerprint density at radius 1 is 1.00 bits per heavy atom. The molecule has 0 spiro atoms. The van der Waals surface area contributed by atoms with E-state index < -0.39 is 33.7 Å². The molecule has 0 aliphatic heterocycles. The van der Waals surface area contributed by atoms with Gasteiger partial charge in [-0.25, -0.2) is 0 Å². The number of nitro benzene ring substituents is 1. The number of aromatic nitrogens is 4. The molecule has 1 aromatic carbocycles. The Morgan fingerprint density at radius 3 is 1.88 bits per heavy atom. The van der Waals surface area contributed by atoms with Crippen molar-refractivity contribution < 1.29 is 15.1 Å². The molecule has 3 aromatic rings. The highest BCUT2D eigenvalue weighted by Gasteiger charge is 2.32. The number of benzene rings is 1. The minimum Gasteiger partial charge on any atom is -0.494 e. The molecular formula is C21H19N5O6S2. The third-order valence-electron chi connectivity index (χ3n) is 5.03. The third-order valence-corrected chi connectivity index (χ3v) is 5.67. The van der Waals surface area contributed by atoms with Crippen molar-refractivity contribution in [3.05, 3.63) is 107 Å². The summed E-state index contributed by atoms with van der Waals surface area (Å²) in [5.41, 5.74) is -2.67. The van der Waals surface area contributed by atoms with Gasteiger partial charge in [0, 0.05) is 25.2 Å². The van der Waals surface area contributed by atoms with Crippen molar-refractivity contribution in [1.82, 2.24) is 19.1 Å². The van der Waals surface area contributed by atoms with E-state index in [0.29, 0.717) is 0 Å². The van der Waals surface area contributed by atoms with E-state index in [1.165, 1.54) is 30.4 Å². The highest BCUT2D eigenvalue weighted by molar-refractivity contribution is 7.71. The predicted molar refractivity (Wildman–Crippen MR) is 130 cm³/mol. The fourth-order valence-electron chi connectivity index (χ4n) is 3.56. The van der Waals surface area contributed by atoms with E-state index in [1.807, 2.05) is 0 Å². The van der Waals surface area contributed by atoms with Crippen molar-refractivity contribution in [3.63, 3.8) is 0 Å². The normalized spacial score (nSPS) is 10.9. The Bertz CT molecular complexity index is 1460. The zero-order valence-electron chi connectivity index (χ0n) is 17.6. The number of nitrogens with zero attached hydrogens (tertiary/aromatic N) is 3. The van der Waals surface area contributed by atoms with Crippen LogP contribution < -0.4 is 11.1 Å². The van der Waals surface area contributed by atoms with Crippen LogP contribution in [0.4, 0.5) is 5.69 Å². The van der Waals surface area contributed by atoms with Crippen LogP contribution in [0.3, 0.4) is 0 Å². The third kappa shape index (κ3) is 4.38. The molecule has 0 unspecified atom stereocenters. The number of allylic oxidation sites excluding steroid dienone is 2. The molecule has 176 valence electrons. The average molecular weight is 502 g/mol. The summed E-state index contributed by atoms with van der Waals surface area (Å²) < 4.78 is 2.11. The molecule has 2 aromatic heterocycles. The molecule has 0 radical (unpaired) electrons. The lowest BCUT2D eigenvalue weighted by Gasteiger charge is -2.22. The van der Waals surface area contributed by atoms with Gasteiger partial charge >= 0.3 is 0 Å². The Morgan fingerprint density at radius 2 is 1.47 bits per heavy atom. The highest BCUT2D eigenvalue weighted by Crippen LogP contribution is 2.37. The molecule has 0 aliphatic carbocycles. The maximum Gasteiger partial charge on any atom is 0.269 e. The maximum absolute atomic E-state index is 13.0. The minimum atomic E-state index is -1.44. The van der Waals surface area contributed by atoms with E-state index in [4.69, 9.17) is 24.4 Å². The summed E-state index contributed by atoms with van der Waals surface area (Å²) in [7, 11) is 0. The SMILES string of the molecule is C=CCn1c(O)c(C(c2cccc([N+](=O)[O-])c2)c2c(O)n(CC=C)c(=S)[nH]c2=O)c(=O)[nH]c1=S. The van der Waals surface area contributed by atoms with Crippen molar-refractivity contribution in [2.75, 3.05) is 0 Å². The first-order chi connectivity index (χ1) is 16.1. The number of aromatic hydroxyl groups is 2. The maximum atomic E-state index is 13.0. The number of H-pyrrole nitrogens is 2. The fraction of sp³-hybridized carbons (Fsp3) is 0.143. The van der Waals surface area contributed by atoms with Gasteiger partial charge in [0.05, 0.1) is 22.0 Å². The monoisotopic (exact) mass is 501 g/mol. The second-order valence-electron chi connectivity index (χ2n) is 7.08. The number of aromatic amines is 2. The molecule has 0 amide bonds. The van der Waals surface area contributed by atoms with Crippen molar-refractivity contribution in [3.8, 4) is 11.8 Å². The summed E-state index contributed by atoms with van der Waals surface area (Å²) in [4.78, 5) is 41.7. The molecule has 13 heteroatoms. The van der Waals surface area contributed by atoms with E-state index in [0.717, 1.165) is 15.2 Å². The molecule has 0 saturated carbocycles. The summed E-state index contributed by atoms with van der Waals surface area (Å²) >= 11 is 10.2. The number of non-ortho nitro benzene ring substituents is 1. The number of hydrogen-bond acceptors (Lipinski definition) is 8. The Kier molecular flexibility index (Phi) is 7.08. The molecule has 34 heavy (non-hydrogen) atoms. The zero-order chi connectivity index (χ0) is 25.2. The van der Waals surface area contributed by atoms with Gasteiger partial charge in [-0.1, -0.05) is 24.3 Å². The number of hydrogen-bond donors (Lipinski definition) is 4. The van der Waals surface area contributed by atoms with Crippen molar-refractivity contribution >= 4 is 30.1 Å². The highest BCUT2D eigenvalue weighted by atomic mass is 32.1. The van der Waals surface area contributed by atoms with Gasteiger partial charge in [-0.3, -0.25) is 38.8 Å². The van der Waals surface area contributed by atoms with Crippen LogP contribution in [-0.2, 0) is 13.1 Å². The first-order valence-corrected chi connectivity index (χ1v) is 10.5. The molecule has 4 N–H and O–H groups in total. The summed E-state index contributed by atoms with van der Waals surface area (Å²) in [6, 6.07) is 5.15. The van der Waals surface area contributed by atoms with Crippen LogP contribution in [0.5, 0.6) is 11.8 Å². The molecule has 0 fully saturated rings. The average Bonchev–Trinajstić information content (AvgIpc) is 2.78. The topological polar surface area (TPSA) is 159 Å². The van der Waals surface area contributed by atoms with Gasteiger partial charge in [0.2, 0.25) is 11.8 Å². The lowest BCUT2D eigenvalue weighted by atomic mass is 9.86. The van der Waals surface area contributed by atoms with Crippen molar-refractivity contribution in [2.24, 2.45) is 0 Å². The van der Waals surface area contributed by atoms with E-state index in [2.05, 4.69) is 23.1 Å². The van der Waals surface area contributed by atoms with Crippen LogP contribution in [0.15, 0.2) is 59.2 Å². The molecule has 3 rings (SSSR count). The van der Waals surface area contributed by atoms with Gasteiger partial charge in [0.1, 0.15) is 0 Å². The van der Waals surface area contributed by atoms with Crippen LogP contribution in [0, 0.1) is 19.7 Å². The Balaban J connectivity index is 2.53. The molecule has 0 atom stereocenters. The van der Waals surface area contributed by atoms with Gasteiger partial charge < -0.3 is 10.2 Å². The summed E-state index contributed by atoms with van der Waals surface area (Å²) in [6.45, 7) is 7.20. The first-order valence-electron chi connectivity index (χ1n) is 9.70. The molecule has 0 bridgehead atoms. The number of rotatable bonds is 8. The second kappa shape index (κ2) is 9.80. The van der Waals surface area contributed by atoms with Crippen LogP contribution >= 0.6 is 24.4 Å². The minimum absolute atomic E-state index is 0.0139. The van der Waals surface area contributed by atoms with E-state index in [9.17, 15) is 29.9 Å². The fourth-order valence-corrected chi connectivity index (χ4v) is 4.07. The van der Waals surface area contributed by atoms with Crippen molar-refractivity contribution in [1.29, 1.82) is 0 Å². The van der Waals surface area contributed by atoms with Crippen molar-refractivity contribution in [2.45, 2.75) is 19.0 Å². The number of nitrogens with one attached hydrogen (secondary N) is 2. The standard InChI is InChI=1S/C21H19N5O6S2/c1-3-8-24-18(29)14(16(27)22-20(24)33)13(11-6-5-7-12(10-11)26(31)32)15-17(28)23-21(34)25(9-4-2)19(15)30/h3-7,10,13,29-30H,1-2,8-9H2,(H,22,27,33)(H,23,28,34). The summed E-state index contributed by atoms with van der Waals surface area (Å²) in [5.74, 6) is -2.63. The quantitative estimate of drug-likeness (QED) is 0.159. The van der Waals surface area contributed by atoms with Crippen LogP contribution in [0.1, 0.15) is 22.6 Å². The largest absolute Gasteiger partial charge is 0.494 e. The second-order valence-corrected chi connectivity index (χ2v) is 7.85. The van der Waals surface area contributed by atoms with E-state index in [1.54, 1.807) is 0 Å². The van der Waals surface area contributed by atoms with Crippen LogP contribution in [0.25, 0.3) is 0 Å². The van der Waals surface area contributed by atoms with Gasteiger partial charge in [0.15, 0.2) is 9.54 Å². The predicted octanol–water partition coefficient (Wildman–Crippen LogP) is 3.00. The van der Waals surface area contributed by atoms with E-state index >= 15 is 0 Å². The van der Waals surface area contributed by atoms with E-state index in [-0.39, 0.29) is 45.0 Å².